The van der Waals surface area contributed by atoms with Crippen molar-refractivity contribution in [1.82, 2.24) is 14.9 Å². The fraction of sp³-hybridized carbons (Fsp3) is 0.632. The minimum atomic E-state index is -0.305. The summed E-state index contributed by atoms with van der Waals surface area (Å²) in [7, 11) is 0. The number of rotatable bonds is 5. The van der Waals surface area contributed by atoms with Crippen molar-refractivity contribution in [3.8, 4) is 6.07 Å². The van der Waals surface area contributed by atoms with Crippen LogP contribution in [-0.4, -0.2) is 67.3 Å². The third-order valence-electron chi connectivity index (χ3n) is 5.56. The van der Waals surface area contributed by atoms with Crippen molar-refractivity contribution in [1.29, 1.82) is 5.26 Å². The third kappa shape index (κ3) is 3.79. The normalized spacial score (nSPS) is 23.0. The van der Waals surface area contributed by atoms with Gasteiger partial charge in [-0.2, -0.15) is 5.26 Å². The van der Waals surface area contributed by atoms with Gasteiger partial charge in [-0.15, -0.1) is 0 Å². The van der Waals surface area contributed by atoms with Gasteiger partial charge in [-0.05, 0) is 37.9 Å². The number of benzene rings is 1. The van der Waals surface area contributed by atoms with Gasteiger partial charge in [0.05, 0.1) is 11.5 Å². The summed E-state index contributed by atoms with van der Waals surface area (Å²) in [6.07, 6.45) is 2.92. The van der Waals surface area contributed by atoms with Crippen LogP contribution < -0.4 is 5.73 Å². The van der Waals surface area contributed by atoms with Crippen molar-refractivity contribution in [3.63, 3.8) is 0 Å². The van der Waals surface area contributed by atoms with Crippen LogP contribution in [0.25, 0.3) is 0 Å². The molecule has 0 aliphatic carbocycles. The van der Waals surface area contributed by atoms with Crippen molar-refractivity contribution >= 4 is 0 Å². The quantitative estimate of drug-likeness (QED) is 0.886. The van der Waals surface area contributed by atoms with E-state index in [1.54, 1.807) is 0 Å². The molecule has 0 radical (unpaired) electrons. The second-order valence-electron chi connectivity index (χ2n) is 6.95. The van der Waals surface area contributed by atoms with Crippen molar-refractivity contribution in [2.75, 3.05) is 52.4 Å². The van der Waals surface area contributed by atoms with Gasteiger partial charge in [0.1, 0.15) is 0 Å². The Morgan fingerprint density at radius 1 is 0.958 bits per heavy atom. The van der Waals surface area contributed by atoms with E-state index in [1.807, 2.05) is 18.2 Å². The fourth-order valence-electron chi connectivity index (χ4n) is 3.94. The van der Waals surface area contributed by atoms with Gasteiger partial charge < -0.3 is 10.6 Å². The summed E-state index contributed by atoms with van der Waals surface area (Å²) in [5, 5.41) is 14.8. The van der Waals surface area contributed by atoms with E-state index in [0.29, 0.717) is 0 Å². The molecule has 1 aromatic carbocycles. The summed E-state index contributed by atoms with van der Waals surface area (Å²) in [6, 6.07) is 12.9. The van der Waals surface area contributed by atoms with Crippen LogP contribution in [0.2, 0.25) is 0 Å². The molecule has 2 fully saturated rings. The summed E-state index contributed by atoms with van der Waals surface area (Å²) in [5.74, 6) is 0. The van der Waals surface area contributed by atoms with Crippen molar-refractivity contribution in [2.24, 2.45) is 5.73 Å². The van der Waals surface area contributed by atoms with E-state index in [1.165, 1.54) is 5.56 Å². The van der Waals surface area contributed by atoms with Crippen LogP contribution in [0.5, 0.6) is 0 Å². The second kappa shape index (κ2) is 8.09. The molecule has 0 bridgehead atoms. The summed E-state index contributed by atoms with van der Waals surface area (Å²) in [5.41, 5.74) is 6.48. The van der Waals surface area contributed by atoms with Gasteiger partial charge in [0.25, 0.3) is 0 Å². The molecule has 0 saturated carbocycles. The lowest BCUT2D eigenvalue weighted by Gasteiger charge is -2.46. The predicted octanol–water partition coefficient (Wildman–Crippen LogP) is 1.43. The first kappa shape index (κ1) is 17.4. The molecule has 0 aromatic heterocycles. The molecule has 2 aliphatic heterocycles. The molecule has 5 heteroatoms. The van der Waals surface area contributed by atoms with Gasteiger partial charge in [-0.3, -0.25) is 0 Å². The highest BCUT2D eigenvalue weighted by Crippen LogP contribution is 2.35. The average molecular weight is 327 g/mol. The maximum Gasteiger partial charge on any atom is 0.0847 e. The van der Waals surface area contributed by atoms with Crippen molar-refractivity contribution < 1.29 is 0 Å². The number of piperazine rings is 1. The number of nitrogens with two attached hydrogens (primary N) is 1. The number of hydrazine groups is 1. The SMILES string of the molecule is N#CC1(c2ccccc2)CCN(N2CCN(CCCN)CC2)CC1. The zero-order chi connectivity index (χ0) is 16.8. The molecule has 0 spiro atoms. The molecule has 2 heterocycles. The van der Waals surface area contributed by atoms with Crippen LogP contribution in [0.15, 0.2) is 30.3 Å². The number of hydrogen-bond donors (Lipinski definition) is 1. The van der Waals surface area contributed by atoms with Crippen molar-refractivity contribution in [2.45, 2.75) is 24.7 Å². The number of piperidine rings is 1. The van der Waals surface area contributed by atoms with Crippen LogP contribution in [0, 0.1) is 11.3 Å². The van der Waals surface area contributed by atoms with E-state index >= 15 is 0 Å². The summed E-state index contributed by atoms with van der Waals surface area (Å²) in [4.78, 5) is 2.51. The topological polar surface area (TPSA) is 59.5 Å². The summed E-state index contributed by atoms with van der Waals surface area (Å²) in [6.45, 7) is 8.29. The minimum Gasteiger partial charge on any atom is -0.330 e. The number of hydrogen-bond acceptors (Lipinski definition) is 5. The maximum absolute atomic E-state index is 9.81. The van der Waals surface area contributed by atoms with E-state index in [-0.39, 0.29) is 5.41 Å². The molecular formula is C19H29N5. The van der Waals surface area contributed by atoms with Crippen LogP contribution >= 0.6 is 0 Å². The molecule has 130 valence electrons. The Morgan fingerprint density at radius 3 is 2.17 bits per heavy atom. The molecule has 1 aromatic rings. The summed E-state index contributed by atoms with van der Waals surface area (Å²) >= 11 is 0. The van der Waals surface area contributed by atoms with Crippen LogP contribution in [0.4, 0.5) is 0 Å². The Bertz CT molecular complexity index is 537. The van der Waals surface area contributed by atoms with Crippen molar-refractivity contribution in [3.05, 3.63) is 35.9 Å². The van der Waals surface area contributed by atoms with E-state index in [9.17, 15) is 5.26 Å². The highest BCUT2D eigenvalue weighted by atomic mass is 15.6. The van der Waals surface area contributed by atoms with Gasteiger partial charge in [0.2, 0.25) is 0 Å². The van der Waals surface area contributed by atoms with E-state index < -0.39 is 0 Å². The predicted molar refractivity (Wildman–Crippen MR) is 96.2 cm³/mol. The summed E-state index contributed by atoms with van der Waals surface area (Å²) < 4.78 is 0. The Kier molecular flexibility index (Phi) is 5.85. The Hall–Kier alpha value is -1.45. The van der Waals surface area contributed by atoms with Crippen LogP contribution in [0.1, 0.15) is 24.8 Å². The largest absolute Gasteiger partial charge is 0.330 e. The van der Waals surface area contributed by atoms with Crippen LogP contribution in [-0.2, 0) is 5.41 Å². The van der Waals surface area contributed by atoms with E-state index in [2.05, 4.69) is 33.1 Å². The molecular weight excluding hydrogens is 298 g/mol. The Morgan fingerprint density at radius 2 is 1.58 bits per heavy atom. The van der Waals surface area contributed by atoms with E-state index in [4.69, 9.17) is 5.73 Å². The molecule has 2 aliphatic rings. The standard InChI is InChI=1S/C19H29N5/c20-9-4-10-22-13-15-24(16-14-22)23-11-7-19(17-21,8-12-23)18-5-2-1-3-6-18/h1-3,5-6H,4,7-16,20H2. The molecule has 0 unspecified atom stereocenters. The van der Waals surface area contributed by atoms with Gasteiger partial charge in [0, 0.05) is 39.3 Å². The first-order valence-electron chi connectivity index (χ1n) is 9.16. The highest BCUT2D eigenvalue weighted by Gasteiger charge is 2.38. The minimum absolute atomic E-state index is 0.305. The highest BCUT2D eigenvalue weighted by molar-refractivity contribution is 5.33. The second-order valence-corrected chi connectivity index (χ2v) is 6.95. The first-order chi connectivity index (χ1) is 11.8. The molecule has 2 N–H and O–H groups in total. The zero-order valence-electron chi connectivity index (χ0n) is 14.5. The lowest BCUT2D eigenvalue weighted by Crippen LogP contribution is -2.57. The molecule has 3 rings (SSSR count). The van der Waals surface area contributed by atoms with E-state index in [0.717, 1.165) is 71.6 Å². The Balaban J connectivity index is 1.53. The molecule has 2 saturated heterocycles. The maximum atomic E-state index is 9.81. The van der Waals surface area contributed by atoms with Gasteiger partial charge in [0.15, 0.2) is 0 Å². The molecule has 24 heavy (non-hydrogen) atoms. The molecule has 0 atom stereocenters. The Labute approximate surface area is 145 Å². The smallest absolute Gasteiger partial charge is 0.0847 e. The van der Waals surface area contributed by atoms with Crippen LogP contribution in [0.3, 0.4) is 0 Å². The van der Waals surface area contributed by atoms with Gasteiger partial charge >= 0.3 is 0 Å². The lowest BCUT2D eigenvalue weighted by atomic mass is 9.74. The average Bonchev–Trinajstić information content (AvgIpc) is 2.67. The number of nitriles is 1. The van der Waals surface area contributed by atoms with Gasteiger partial charge in [-0.1, -0.05) is 30.3 Å². The number of nitrogens with zero attached hydrogens (tertiary/aromatic N) is 4. The zero-order valence-corrected chi connectivity index (χ0v) is 14.5. The molecule has 5 nitrogen and oxygen atoms in total. The molecule has 0 amide bonds. The third-order valence-corrected chi connectivity index (χ3v) is 5.56. The fourth-order valence-corrected chi connectivity index (χ4v) is 3.94. The van der Waals surface area contributed by atoms with Gasteiger partial charge in [-0.25, -0.2) is 10.0 Å². The monoisotopic (exact) mass is 327 g/mol. The lowest BCUT2D eigenvalue weighted by molar-refractivity contribution is -0.0754. The first-order valence-corrected chi connectivity index (χ1v) is 9.16.